The fourth-order valence-corrected chi connectivity index (χ4v) is 3.41. The number of anilines is 1. The number of nitrogens with zero attached hydrogens (tertiary/aromatic N) is 4. The first kappa shape index (κ1) is 16.2. The van der Waals surface area contributed by atoms with Crippen LogP contribution in [0, 0.1) is 5.92 Å². The average molecular weight is 318 g/mol. The molecule has 0 N–H and O–H groups in total. The molecular formula is C17H26N4O2. The van der Waals surface area contributed by atoms with Crippen LogP contribution in [0.15, 0.2) is 6.33 Å². The fourth-order valence-electron chi connectivity index (χ4n) is 3.41. The summed E-state index contributed by atoms with van der Waals surface area (Å²) >= 11 is 0. The normalized spacial score (nSPS) is 19.1. The van der Waals surface area contributed by atoms with Gasteiger partial charge < -0.3 is 14.5 Å². The molecule has 1 aromatic heterocycles. The lowest BCUT2D eigenvalue weighted by Gasteiger charge is -2.28. The molecule has 23 heavy (non-hydrogen) atoms. The summed E-state index contributed by atoms with van der Waals surface area (Å²) in [5, 5.41) is 0. The molecule has 3 heterocycles. The number of ether oxygens (including phenoxy) is 1. The van der Waals surface area contributed by atoms with E-state index in [2.05, 4.69) is 28.8 Å². The van der Waals surface area contributed by atoms with Crippen LogP contribution in [0.5, 0.6) is 0 Å². The predicted molar refractivity (Wildman–Crippen MR) is 88.5 cm³/mol. The van der Waals surface area contributed by atoms with Crippen molar-refractivity contribution in [1.29, 1.82) is 0 Å². The van der Waals surface area contributed by atoms with E-state index in [-0.39, 0.29) is 5.92 Å². The molecule has 0 spiro atoms. The van der Waals surface area contributed by atoms with Crippen molar-refractivity contribution in [2.75, 3.05) is 44.8 Å². The highest BCUT2D eigenvalue weighted by Gasteiger charge is 2.28. The van der Waals surface area contributed by atoms with Crippen molar-refractivity contribution in [1.82, 2.24) is 14.9 Å². The van der Waals surface area contributed by atoms with E-state index in [0.717, 1.165) is 56.8 Å². The van der Waals surface area contributed by atoms with Gasteiger partial charge in [-0.1, -0.05) is 0 Å². The third kappa shape index (κ3) is 3.47. The van der Waals surface area contributed by atoms with Crippen molar-refractivity contribution < 1.29 is 9.53 Å². The maximum Gasteiger partial charge on any atom is 0.225 e. The van der Waals surface area contributed by atoms with Gasteiger partial charge in [-0.05, 0) is 26.2 Å². The Morgan fingerprint density at radius 1 is 1.30 bits per heavy atom. The van der Waals surface area contributed by atoms with Gasteiger partial charge in [-0.15, -0.1) is 0 Å². The van der Waals surface area contributed by atoms with Crippen molar-refractivity contribution >= 4 is 11.7 Å². The first-order valence-electron chi connectivity index (χ1n) is 8.61. The van der Waals surface area contributed by atoms with Gasteiger partial charge >= 0.3 is 0 Å². The lowest BCUT2D eigenvalue weighted by atomic mass is 9.98. The molecule has 3 rings (SSSR count). The monoisotopic (exact) mass is 318 g/mol. The minimum Gasteiger partial charge on any atom is -0.381 e. The lowest BCUT2D eigenvalue weighted by Crippen LogP contribution is -2.40. The van der Waals surface area contributed by atoms with Gasteiger partial charge in [-0.3, -0.25) is 4.79 Å². The van der Waals surface area contributed by atoms with E-state index in [0.29, 0.717) is 19.1 Å². The summed E-state index contributed by atoms with van der Waals surface area (Å²) in [4.78, 5) is 25.9. The molecular weight excluding hydrogens is 292 g/mol. The number of aromatic nitrogens is 2. The second-order valence-electron chi connectivity index (χ2n) is 6.35. The van der Waals surface area contributed by atoms with E-state index in [9.17, 15) is 4.79 Å². The molecule has 0 aromatic carbocycles. The van der Waals surface area contributed by atoms with E-state index in [1.165, 1.54) is 5.56 Å². The largest absolute Gasteiger partial charge is 0.381 e. The lowest BCUT2D eigenvalue weighted by molar-refractivity contribution is -0.138. The van der Waals surface area contributed by atoms with E-state index < -0.39 is 0 Å². The summed E-state index contributed by atoms with van der Waals surface area (Å²) in [5.74, 6) is 1.44. The molecule has 0 saturated carbocycles. The van der Waals surface area contributed by atoms with Gasteiger partial charge in [-0.2, -0.15) is 0 Å². The second kappa shape index (κ2) is 7.25. The summed E-state index contributed by atoms with van der Waals surface area (Å²) in [6.07, 6.45) is 5.01. The summed E-state index contributed by atoms with van der Waals surface area (Å²) in [6.45, 7) is 5.97. The van der Waals surface area contributed by atoms with Crippen LogP contribution in [0.4, 0.5) is 5.82 Å². The highest BCUT2D eigenvalue weighted by Crippen LogP contribution is 2.24. The molecule has 1 amide bonds. The average Bonchev–Trinajstić information content (AvgIpc) is 2.83. The Labute approximate surface area is 137 Å². The topological polar surface area (TPSA) is 58.6 Å². The smallest absolute Gasteiger partial charge is 0.225 e. The molecule has 2 aliphatic rings. The van der Waals surface area contributed by atoms with Crippen LogP contribution in [0.2, 0.25) is 0 Å². The number of carbonyl (C=O) groups excluding carboxylic acids is 1. The third-order valence-corrected chi connectivity index (χ3v) is 4.98. The van der Waals surface area contributed by atoms with Crippen LogP contribution in [-0.4, -0.2) is 60.7 Å². The van der Waals surface area contributed by atoms with Crippen molar-refractivity contribution in [3.8, 4) is 0 Å². The number of fused-ring (bicyclic) bond motifs is 1. The molecule has 126 valence electrons. The van der Waals surface area contributed by atoms with E-state index in [4.69, 9.17) is 4.74 Å². The van der Waals surface area contributed by atoms with Crippen LogP contribution in [0.1, 0.15) is 31.0 Å². The number of carbonyl (C=O) groups is 1. The first-order chi connectivity index (χ1) is 11.2. The van der Waals surface area contributed by atoms with Gasteiger partial charge in [0.05, 0.1) is 5.69 Å². The van der Waals surface area contributed by atoms with E-state index in [1.807, 2.05) is 4.90 Å². The Bertz CT molecular complexity index is 558. The van der Waals surface area contributed by atoms with Gasteiger partial charge in [0.1, 0.15) is 12.1 Å². The molecule has 1 saturated heterocycles. The third-order valence-electron chi connectivity index (χ3n) is 4.98. The van der Waals surface area contributed by atoms with Crippen LogP contribution in [0.25, 0.3) is 0 Å². The minimum absolute atomic E-state index is 0.133. The SMILES string of the molecule is CCN(C)c1ncnc2c1CCN(C(=O)C1CCOCC1)CC2. The molecule has 0 aliphatic carbocycles. The Balaban J connectivity index is 1.73. The molecule has 2 aliphatic heterocycles. The van der Waals surface area contributed by atoms with Gasteiger partial charge in [0.15, 0.2) is 0 Å². The predicted octanol–water partition coefficient (Wildman–Crippen LogP) is 1.29. The number of rotatable bonds is 3. The molecule has 6 nitrogen and oxygen atoms in total. The van der Waals surface area contributed by atoms with Crippen LogP contribution < -0.4 is 4.90 Å². The van der Waals surface area contributed by atoms with E-state index in [1.54, 1.807) is 6.33 Å². The highest BCUT2D eigenvalue weighted by atomic mass is 16.5. The van der Waals surface area contributed by atoms with Crippen molar-refractivity contribution in [3.63, 3.8) is 0 Å². The first-order valence-corrected chi connectivity index (χ1v) is 8.61. The van der Waals surface area contributed by atoms with Gasteiger partial charge in [0.2, 0.25) is 5.91 Å². The molecule has 0 atom stereocenters. The van der Waals surface area contributed by atoms with Crippen LogP contribution >= 0.6 is 0 Å². The molecule has 0 unspecified atom stereocenters. The zero-order chi connectivity index (χ0) is 16.2. The summed E-state index contributed by atoms with van der Waals surface area (Å²) in [5.41, 5.74) is 2.30. The second-order valence-corrected chi connectivity index (χ2v) is 6.35. The Kier molecular flexibility index (Phi) is 5.10. The zero-order valence-corrected chi connectivity index (χ0v) is 14.1. The van der Waals surface area contributed by atoms with Gasteiger partial charge in [-0.25, -0.2) is 9.97 Å². The maximum absolute atomic E-state index is 12.8. The van der Waals surface area contributed by atoms with Gasteiger partial charge in [0, 0.05) is 57.8 Å². The number of hydrogen-bond donors (Lipinski definition) is 0. The van der Waals surface area contributed by atoms with Crippen LogP contribution in [-0.2, 0) is 22.4 Å². The van der Waals surface area contributed by atoms with E-state index >= 15 is 0 Å². The summed E-state index contributed by atoms with van der Waals surface area (Å²) < 4.78 is 5.37. The Morgan fingerprint density at radius 3 is 2.78 bits per heavy atom. The highest BCUT2D eigenvalue weighted by molar-refractivity contribution is 5.79. The summed E-state index contributed by atoms with van der Waals surface area (Å²) in [7, 11) is 2.05. The van der Waals surface area contributed by atoms with Crippen molar-refractivity contribution in [2.45, 2.75) is 32.6 Å². The maximum atomic E-state index is 12.8. The van der Waals surface area contributed by atoms with Gasteiger partial charge in [0.25, 0.3) is 0 Å². The quantitative estimate of drug-likeness (QED) is 0.840. The molecule has 1 fully saturated rings. The van der Waals surface area contributed by atoms with Crippen molar-refractivity contribution in [2.24, 2.45) is 5.92 Å². The number of amides is 1. The molecule has 1 aromatic rings. The molecule has 0 bridgehead atoms. The summed E-state index contributed by atoms with van der Waals surface area (Å²) in [6, 6.07) is 0. The van der Waals surface area contributed by atoms with Crippen LogP contribution in [0.3, 0.4) is 0 Å². The standard InChI is InChI=1S/C17H26N4O2/c1-3-20(2)16-14-4-8-21(9-5-15(14)18-12-19-16)17(22)13-6-10-23-11-7-13/h12-13H,3-11H2,1-2H3. The zero-order valence-electron chi connectivity index (χ0n) is 14.1. The Morgan fingerprint density at radius 2 is 2.04 bits per heavy atom. The van der Waals surface area contributed by atoms with Crippen molar-refractivity contribution in [3.05, 3.63) is 17.6 Å². The molecule has 6 heteroatoms. The molecule has 0 radical (unpaired) electrons. The number of hydrogen-bond acceptors (Lipinski definition) is 5. The minimum atomic E-state index is 0.133. The Hall–Kier alpha value is -1.69. The fraction of sp³-hybridized carbons (Fsp3) is 0.706.